The Labute approximate surface area is 138 Å². The number of fused-ring (bicyclic) bond motifs is 1. The van der Waals surface area contributed by atoms with Crippen molar-refractivity contribution in [2.45, 2.75) is 31.5 Å². The SMILES string of the molecule is O=C1CCC(N2Cc3cc(C4COCCO4)ccc3C2=O)C(=O)N1. The average Bonchev–Trinajstić information content (AvgIpc) is 2.92. The predicted octanol–water partition coefficient (Wildman–Crippen LogP) is 0.536. The third-order valence-corrected chi connectivity index (χ3v) is 4.74. The summed E-state index contributed by atoms with van der Waals surface area (Å²) in [5.74, 6) is -0.833. The Hall–Kier alpha value is -2.25. The van der Waals surface area contributed by atoms with Gasteiger partial charge in [-0.15, -0.1) is 0 Å². The van der Waals surface area contributed by atoms with Crippen LogP contribution in [0, 0.1) is 0 Å². The molecule has 126 valence electrons. The van der Waals surface area contributed by atoms with Crippen molar-refractivity contribution in [3.8, 4) is 0 Å². The standard InChI is InChI=1S/C17H18N2O5/c20-15-4-3-13(16(21)18-15)19-8-11-7-10(1-2-12(11)17(19)22)14-9-23-5-6-24-14/h1-2,7,13-14H,3-6,8-9H2,(H,18,20,21). The number of piperidine rings is 1. The average molecular weight is 330 g/mol. The molecule has 7 heteroatoms. The van der Waals surface area contributed by atoms with Crippen molar-refractivity contribution in [3.05, 3.63) is 34.9 Å². The van der Waals surface area contributed by atoms with E-state index in [1.165, 1.54) is 0 Å². The van der Waals surface area contributed by atoms with Gasteiger partial charge < -0.3 is 14.4 Å². The second-order valence-corrected chi connectivity index (χ2v) is 6.25. The zero-order valence-corrected chi connectivity index (χ0v) is 13.1. The highest BCUT2D eigenvalue weighted by Crippen LogP contribution is 2.31. The van der Waals surface area contributed by atoms with Crippen molar-refractivity contribution >= 4 is 17.7 Å². The molecule has 3 aliphatic rings. The Morgan fingerprint density at radius 3 is 2.79 bits per heavy atom. The molecule has 0 bridgehead atoms. The lowest BCUT2D eigenvalue weighted by Gasteiger charge is -2.29. The zero-order chi connectivity index (χ0) is 16.7. The van der Waals surface area contributed by atoms with Gasteiger partial charge >= 0.3 is 0 Å². The fourth-order valence-electron chi connectivity index (χ4n) is 3.47. The molecule has 7 nitrogen and oxygen atoms in total. The van der Waals surface area contributed by atoms with Crippen LogP contribution in [0.25, 0.3) is 0 Å². The Kier molecular flexibility index (Phi) is 3.82. The minimum absolute atomic E-state index is 0.121. The van der Waals surface area contributed by atoms with Gasteiger partial charge in [0, 0.05) is 18.5 Å². The number of nitrogens with one attached hydrogen (secondary N) is 1. The van der Waals surface area contributed by atoms with Crippen LogP contribution >= 0.6 is 0 Å². The molecule has 0 aromatic heterocycles. The summed E-state index contributed by atoms with van der Waals surface area (Å²) in [5, 5.41) is 2.31. The molecule has 3 aliphatic heterocycles. The largest absolute Gasteiger partial charge is 0.376 e. The molecule has 0 radical (unpaired) electrons. The molecule has 1 N–H and O–H groups in total. The lowest BCUT2D eigenvalue weighted by molar-refractivity contribution is -0.136. The topological polar surface area (TPSA) is 84.9 Å². The number of nitrogens with zero attached hydrogens (tertiary/aromatic N) is 1. The molecule has 0 aliphatic carbocycles. The van der Waals surface area contributed by atoms with Crippen LogP contribution in [0.15, 0.2) is 18.2 Å². The molecule has 2 saturated heterocycles. The summed E-state index contributed by atoms with van der Waals surface area (Å²) in [6, 6.07) is 5.04. The molecular formula is C17H18N2O5. The summed E-state index contributed by atoms with van der Waals surface area (Å²) < 4.78 is 11.1. The number of carbonyl (C=O) groups is 3. The maximum absolute atomic E-state index is 12.6. The number of hydrogen-bond acceptors (Lipinski definition) is 5. The Bertz CT molecular complexity index is 711. The van der Waals surface area contributed by atoms with Gasteiger partial charge in [-0.1, -0.05) is 12.1 Å². The normalized spacial score (nSPS) is 27.2. The van der Waals surface area contributed by atoms with Crippen LogP contribution in [-0.4, -0.2) is 48.5 Å². The van der Waals surface area contributed by atoms with Crippen molar-refractivity contribution in [3.63, 3.8) is 0 Å². The van der Waals surface area contributed by atoms with Crippen LogP contribution in [0.4, 0.5) is 0 Å². The van der Waals surface area contributed by atoms with Gasteiger partial charge in [0.15, 0.2) is 0 Å². The second-order valence-electron chi connectivity index (χ2n) is 6.25. The van der Waals surface area contributed by atoms with Gasteiger partial charge in [-0.05, 0) is 23.6 Å². The third kappa shape index (κ3) is 2.59. The maximum atomic E-state index is 12.6. The van der Waals surface area contributed by atoms with Gasteiger partial charge in [-0.2, -0.15) is 0 Å². The van der Waals surface area contributed by atoms with Crippen LogP contribution in [0.3, 0.4) is 0 Å². The number of amides is 3. The van der Waals surface area contributed by atoms with E-state index in [-0.39, 0.29) is 24.3 Å². The van der Waals surface area contributed by atoms with Crippen LogP contribution < -0.4 is 5.32 Å². The van der Waals surface area contributed by atoms with E-state index < -0.39 is 11.9 Å². The minimum Gasteiger partial charge on any atom is -0.376 e. The molecule has 24 heavy (non-hydrogen) atoms. The fraction of sp³-hybridized carbons (Fsp3) is 0.471. The van der Waals surface area contributed by atoms with Crippen LogP contribution in [-0.2, 0) is 25.6 Å². The second kappa shape index (κ2) is 5.99. The van der Waals surface area contributed by atoms with Gasteiger partial charge in [0.2, 0.25) is 11.8 Å². The highest BCUT2D eigenvalue weighted by Gasteiger charge is 2.39. The summed E-state index contributed by atoms with van der Waals surface area (Å²) in [5.41, 5.74) is 2.47. The van der Waals surface area contributed by atoms with E-state index in [0.717, 1.165) is 11.1 Å². The first-order valence-corrected chi connectivity index (χ1v) is 8.10. The first kappa shape index (κ1) is 15.3. The van der Waals surface area contributed by atoms with Gasteiger partial charge in [0.05, 0.1) is 19.8 Å². The van der Waals surface area contributed by atoms with E-state index in [4.69, 9.17) is 9.47 Å². The number of ether oxygens (including phenoxy) is 2. The molecular weight excluding hydrogens is 312 g/mol. The number of imide groups is 1. The van der Waals surface area contributed by atoms with Crippen molar-refractivity contribution in [1.29, 1.82) is 0 Å². The minimum atomic E-state index is -0.583. The smallest absolute Gasteiger partial charge is 0.255 e. The molecule has 2 unspecified atom stereocenters. The molecule has 1 aromatic carbocycles. The van der Waals surface area contributed by atoms with Crippen molar-refractivity contribution in [2.24, 2.45) is 0 Å². The van der Waals surface area contributed by atoms with Crippen molar-refractivity contribution in [2.75, 3.05) is 19.8 Å². The predicted molar refractivity (Wildman–Crippen MR) is 82.0 cm³/mol. The lowest BCUT2D eigenvalue weighted by Crippen LogP contribution is -2.52. The Morgan fingerprint density at radius 1 is 1.17 bits per heavy atom. The molecule has 3 amide bonds. The summed E-state index contributed by atoms with van der Waals surface area (Å²) in [7, 11) is 0. The molecule has 0 spiro atoms. The van der Waals surface area contributed by atoms with E-state index in [2.05, 4.69) is 5.32 Å². The summed E-state index contributed by atoms with van der Waals surface area (Å²) in [4.78, 5) is 37.5. The quantitative estimate of drug-likeness (QED) is 0.800. The van der Waals surface area contributed by atoms with Crippen LogP contribution in [0.2, 0.25) is 0 Å². The number of rotatable bonds is 2. The molecule has 3 heterocycles. The third-order valence-electron chi connectivity index (χ3n) is 4.74. The van der Waals surface area contributed by atoms with Gasteiger partial charge in [-0.3, -0.25) is 19.7 Å². The highest BCUT2D eigenvalue weighted by atomic mass is 16.6. The number of hydrogen-bond donors (Lipinski definition) is 1. The van der Waals surface area contributed by atoms with Crippen molar-refractivity contribution < 1.29 is 23.9 Å². The zero-order valence-electron chi connectivity index (χ0n) is 13.1. The molecule has 2 fully saturated rings. The van der Waals surface area contributed by atoms with Crippen LogP contribution in [0.1, 0.15) is 40.4 Å². The highest BCUT2D eigenvalue weighted by molar-refractivity contribution is 6.05. The monoisotopic (exact) mass is 330 g/mol. The first-order chi connectivity index (χ1) is 11.6. The van der Waals surface area contributed by atoms with E-state index in [1.807, 2.05) is 12.1 Å². The Balaban J connectivity index is 1.55. The molecule has 1 aromatic rings. The van der Waals surface area contributed by atoms with Gasteiger partial charge in [-0.25, -0.2) is 0 Å². The van der Waals surface area contributed by atoms with Gasteiger partial charge in [0.1, 0.15) is 12.1 Å². The van der Waals surface area contributed by atoms with E-state index in [0.29, 0.717) is 38.3 Å². The maximum Gasteiger partial charge on any atom is 0.255 e. The summed E-state index contributed by atoms with van der Waals surface area (Å²) in [6.07, 6.45) is 0.509. The molecule has 4 rings (SSSR count). The fourth-order valence-corrected chi connectivity index (χ4v) is 3.47. The number of carbonyl (C=O) groups excluding carboxylic acids is 3. The summed E-state index contributed by atoms with van der Waals surface area (Å²) >= 11 is 0. The number of benzene rings is 1. The van der Waals surface area contributed by atoms with Crippen molar-refractivity contribution in [1.82, 2.24) is 10.2 Å². The lowest BCUT2D eigenvalue weighted by atomic mass is 10.0. The molecule has 2 atom stereocenters. The van der Waals surface area contributed by atoms with Crippen LogP contribution in [0.5, 0.6) is 0 Å². The van der Waals surface area contributed by atoms with E-state index in [9.17, 15) is 14.4 Å². The van der Waals surface area contributed by atoms with Gasteiger partial charge in [0.25, 0.3) is 5.91 Å². The first-order valence-electron chi connectivity index (χ1n) is 8.10. The molecule has 0 saturated carbocycles. The summed E-state index contributed by atoms with van der Waals surface area (Å²) in [6.45, 7) is 2.04. The van der Waals surface area contributed by atoms with E-state index >= 15 is 0 Å². The van der Waals surface area contributed by atoms with E-state index in [1.54, 1.807) is 11.0 Å². The Morgan fingerprint density at radius 2 is 2.04 bits per heavy atom.